The van der Waals surface area contributed by atoms with Gasteiger partial charge in [-0.25, -0.2) is 4.39 Å². The Bertz CT molecular complexity index is 1380. The molecule has 35 heavy (non-hydrogen) atoms. The summed E-state index contributed by atoms with van der Waals surface area (Å²) in [5.41, 5.74) is 5.31. The van der Waals surface area contributed by atoms with Crippen molar-refractivity contribution in [3.05, 3.63) is 106 Å². The van der Waals surface area contributed by atoms with Gasteiger partial charge in [0.25, 0.3) is 0 Å². The monoisotopic (exact) mass is 468 g/mol. The molecule has 3 aromatic carbocycles. The first-order valence-electron chi connectivity index (χ1n) is 11.8. The predicted octanol–water partition coefficient (Wildman–Crippen LogP) is 5.77. The van der Waals surface area contributed by atoms with Gasteiger partial charge in [0.05, 0.1) is 12.6 Å². The van der Waals surface area contributed by atoms with Gasteiger partial charge in [0.1, 0.15) is 17.4 Å². The molecule has 5 nitrogen and oxygen atoms in total. The Labute approximate surface area is 205 Å². The van der Waals surface area contributed by atoms with Crippen molar-refractivity contribution in [2.45, 2.75) is 25.8 Å². The molecule has 0 bridgehead atoms. The topological polar surface area (TPSA) is 43.2 Å². The van der Waals surface area contributed by atoms with Gasteiger partial charge in [-0.1, -0.05) is 36.4 Å². The zero-order valence-electron chi connectivity index (χ0n) is 20.5. The minimum absolute atomic E-state index is 0.230. The maximum absolute atomic E-state index is 13.7. The average Bonchev–Trinajstić information content (AvgIpc) is 3.20. The van der Waals surface area contributed by atoms with Crippen LogP contribution in [0.2, 0.25) is 0 Å². The first-order valence-corrected chi connectivity index (χ1v) is 11.8. The van der Waals surface area contributed by atoms with E-state index in [-0.39, 0.29) is 5.82 Å². The van der Waals surface area contributed by atoms with E-state index >= 15 is 0 Å². The average molecular weight is 469 g/mol. The Balaban J connectivity index is 1.55. The van der Waals surface area contributed by atoms with Gasteiger partial charge in [0, 0.05) is 19.3 Å². The lowest BCUT2D eigenvalue weighted by Crippen LogP contribution is -2.49. The summed E-state index contributed by atoms with van der Waals surface area (Å²) < 4.78 is 21.2. The number of hydrogen-bond donors (Lipinski definition) is 0. The Morgan fingerprint density at radius 1 is 0.971 bits per heavy atom. The summed E-state index contributed by atoms with van der Waals surface area (Å²) in [6.45, 7) is 4.99. The van der Waals surface area contributed by atoms with Crippen molar-refractivity contribution in [1.29, 1.82) is 0 Å². The van der Waals surface area contributed by atoms with Gasteiger partial charge in [-0.2, -0.15) is 0 Å². The van der Waals surface area contributed by atoms with E-state index in [4.69, 9.17) is 4.74 Å². The fourth-order valence-electron chi connectivity index (χ4n) is 4.96. The largest absolute Gasteiger partial charge is 0.497 e. The van der Waals surface area contributed by atoms with Crippen molar-refractivity contribution in [2.24, 2.45) is 7.05 Å². The zero-order chi connectivity index (χ0) is 24.6. The van der Waals surface area contributed by atoms with Gasteiger partial charge in [0.2, 0.25) is 0 Å². The van der Waals surface area contributed by atoms with E-state index in [1.807, 2.05) is 48.9 Å². The van der Waals surface area contributed by atoms with E-state index < -0.39 is 5.54 Å². The number of halogens is 1. The van der Waals surface area contributed by atoms with Gasteiger partial charge in [-0.3, -0.25) is 0 Å². The van der Waals surface area contributed by atoms with E-state index in [0.717, 1.165) is 41.6 Å². The Morgan fingerprint density at radius 2 is 1.71 bits per heavy atom. The van der Waals surface area contributed by atoms with Gasteiger partial charge < -0.3 is 14.2 Å². The first kappa shape index (κ1) is 22.8. The third kappa shape index (κ3) is 4.09. The zero-order valence-corrected chi connectivity index (χ0v) is 20.5. The second-order valence-corrected chi connectivity index (χ2v) is 9.09. The number of aryl methyl sites for hydroxylation is 1. The molecule has 1 atom stereocenters. The van der Waals surface area contributed by atoms with E-state index in [1.165, 1.54) is 28.8 Å². The Morgan fingerprint density at radius 3 is 2.37 bits per heavy atom. The molecule has 0 aliphatic carbocycles. The third-order valence-corrected chi connectivity index (χ3v) is 7.14. The molecule has 2 heterocycles. The summed E-state index contributed by atoms with van der Waals surface area (Å²) in [6.07, 6.45) is 4.91. The Kier molecular flexibility index (Phi) is 5.89. The molecule has 4 aromatic rings. The molecule has 1 aliphatic rings. The van der Waals surface area contributed by atoms with Crippen LogP contribution in [-0.2, 0) is 19.0 Å². The molecule has 0 radical (unpaired) electrons. The Hall–Kier alpha value is -3.93. The van der Waals surface area contributed by atoms with Crippen LogP contribution in [0.1, 0.15) is 40.8 Å². The lowest BCUT2D eigenvalue weighted by atomic mass is 9.76. The molecule has 0 N–H and O–H groups in total. The number of anilines is 1. The van der Waals surface area contributed by atoms with Gasteiger partial charge in [0.15, 0.2) is 5.82 Å². The summed E-state index contributed by atoms with van der Waals surface area (Å²) in [5.74, 6) is 2.32. The second-order valence-electron chi connectivity index (χ2n) is 9.09. The van der Waals surface area contributed by atoms with Crippen molar-refractivity contribution < 1.29 is 9.13 Å². The molecule has 0 saturated carbocycles. The highest BCUT2D eigenvalue weighted by Gasteiger charge is 2.40. The smallest absolute Gasteiger partial charge is 0.156 e. The van der Waals surface area contributed by atoms with E-state index in [9.17, 15) is 4.39 Å². The number of nitrogens with zero attached hydrogens (tertiary/aromatic N) is 4. The molecule has 1 aliphatic heterocycles. The number of ether oxygens (including phenoxy) is 1. The maximum Gasteiger partial charge on any atom is 0.156 e. The van der Waals surface area contributed by atoms with Crippen LogP contribution in [0.4, 0.5) is 10.1 Å². The molecule has 178 valence electrons. The molecule has 6 heteroatoms. The lowest BCUT2D eigenvalue weighted by molar-refractivity contribution is 0.411. The number of fused-ring (bicyclic) bond motifs is 1. The van der Waals surface area contributed by atoms with Crippen molar-refractivity contribution in [3.8, 4) is 5.75 Å². The van der Waals surface area contributed by atoms with Crippen molar-refractivity contribution in [2.75, 3.05) is 18.6 Å². The fourth-order valence-corrected chi connectivity index (χ4v) is 4.96. The summed E-state index contributed by atoms with van der Waals surface area (Å²) in [6, 6.07) is 21.7. The van der Waals surface area contributed by atoms with Gasteiger partial charge in [-0.15, -0.1) is 10.2 Å². The van der Waals surface area contributed by atoms with Crippen LogP contribution in [0.5, 0.6) is 5.75 Å². The van der Waals surface area contributed by atoms with E-state index in [2.05, 4.69) is 58.4 Å². The highest BCUT2D eigenvalue weighted by Crippen LogP contribution is 2.44. The maximum atomic E-state index is 13.7. The number of hydrogen-bond acceptors (Lipinski definition) is 4. The van der Waals surface area contributed by atoms with E-state index in [1.54, 1.807) is 7.11 Å². The molecule has 0 saturated heterocycles. The highest BCUT2D eigenvalue weighted by atomic mass is 19.1. The quantitative estimate of drug-likeness (QED) is 0.373. The van der Waals surface area contributed by atoms with Gasteiger partial charge >= 0.3 is 0 Å². The predicted molar refractivity (Wildman–Crippen MR) is 138 cm³/mol. The van der Waals surface area contributed by atoms with Crippen LogP contribution in [0, 0.1) is 12.7 Å². The first-order chi connectivity index (χ1) is 16.9. The van der Waals surface area contributed by atoms with Crippen LogP contribution < -0.4 is 9.64 Å². The second kappa shape index (κ2) is 9.02. The number of aromatic nitrogens is 3. The van der Waals surface area contributed by atoms with E-state index in [0.29, 0.717) is 0 Å². The molecule has 1 aromatic heterocycles. The molecular weight excluding hydrogens is 439 g/mol. The molecule has 1 unspecified atom stereocenters. The normalized spacial score (nSPS) is 17.6. The number of methoxy groups -OCH3 is 1. The SMILES string of the molecule is COc1ccc2c(c1)CCN(c1ccc(F)cc1)C2(C)c1ccc(C=Cc2nnc(C)n2C)cc1. The number of rotatable bonds is 5. The summed E-state index contributed by atoms with van der Waals surface area (Å²) in [4.78, 5) is 2.37. The van der Waals surface area contributed by atoms with Crippen LogP contribution >= 0.6 is 0 Å². The minimum atomic E-state index is -0.430. The standard InChI is InChI=1S/C29H29FN4O/c1-20-31-32-28(33(20)3)16-7-21-5-8-23(9-6-21)29(2)27-15-14-26(35-4)19-22(27)17-18-34(29)25-12-10-24(30)11-13-25/h5-16,19H,17-18H2,1-4H3. The fraction of sp³-hybridized carbons (Fsp3) is 0.241. The van der Waals surface area contributed by atoms with Crippen molar-refractivity contribution in [3.63, 3.8) is 0 Å². The summed E-state index contributed by atoms with van der Waals surface area (Å²) in [7, 11) is 3.65. The molecule has 0 spiro atoms. The molecular formula is C29H29FN4O. The van der Waals surface area contributed by atoms with Crippen molar-refractivity contribution in [1.82, 2.24) is 14.8 Å². The van der Waals surface area contributed by atoms with Crippen LogP contribution in [-0.4, -0.2) is 28.4 Å². The third-order valence-electron chi connectivity index (χ3n) is 7.14. The highest BCUT2D eigenvalue weighted by molar-refractivity contribution is 5.68. The summed E-state index contributed by atoms with van der Waals surface area (Å²) in [5, 5.41) is 8.32. The van der Waals surface area contributed by atoms with Gasteiger partial charge in [-0.05, 0) is 85.0 Å². The minimum Gasteiger partial charge on any atom is -0.497 e. The molecule has 5 rings (SSSR count). The molecule has 0 fully saturated rings. The van der Waals surface area contributed by atoms with Crippen LogP contribution in [0.3, 0.4) is 0 Å². The van der Waals surface area contributed by atoms with Crippen LogP contribution in [0.25, 0.3) is 12.2 Å². The van der Waals surface area contributed by atoms with Crippen molar-refractivity contribution >= 4 is 17.8 Å². The summed E-state index contributed by atoms with van der Waals surface area (Å²) >= 11 is 0. The molecule has 0 amide bonds. The lowest BCUT2D eigenvalue weighted by Gasteiger charge is -2.48. The number of benzene rings is 3. The van der Waals surface area contributed by atoms with Crippen LogP contribution in [0.15, 0.2) is 66.7 Å².